The summed E-state index contributed by atoms with van der Waals surface area (Å²) in [7, 11) is 0. The topological polar surface area (TPSA) is 66.4 Å². The summed E-state index contributed by atoms with van der Waals surface area (Å²) in [6, 6.07) is 1.51. The molecule has 0 spiro atoms. The van der Waals surface area contributed by atoms with Gasteiger partial charge in [0.15, 0.2) is 0 Å². The molecule has 2 atom stereocenters. The quantitative estimate of drug-likeness (QED) is 0.882. The number of carbonyl (C=O) groups is 2. The van der Waals surface area contributed by atoms with Crippen molar-refractivity contribution in [3.05, 3.63) is 20.3 Å². The van der Waals surface area contributed by atoms with E-state index in [-0.39, 0.29) is 5.91 Å². The lowest BCUT2D eigenvalue weighted by Crippen LogP contribution is -2.55. The molecule has 4 nitrogen and oxygen atoms in total. The minimum Gasteiger partial charge on any atom is -0.481 e. The first-order valence-corrected chi connectivity index (χ1v) is 7.91. The summed E-state index contributed by atoms with van der Waals surface area (Å²) < 4.78 is 0.752. The maximum absolute atomic E-state index is 12.3. The molecule has 1 aromatic rings. The Kier molecular flexibility index (Phi) is 4.62. The first-order chi connectivity index (χ1) is 9.33. The minimum absolute atomic E-state index is 0.303. The SMILES string of the molecule is CC1(NC(=O)c2cc(Cl)sc2Cl)CCCCC1C(=O)O. The van der Waals surface area contributed by atoms with E-state index in [0.717, 1.165) is 24.2 Å². The van der Waals surface area contributed by atoms with Gasteiger partial charge in [-0.2, -0.15) is 0 Å². The summed E-state index contributed by atoms with van der Waals surface area (Å²) in [6.07, 6.45) is 2.99. The average molecular weight is 336 g/mol. The molecule has 0 aliphatic heterocycles. The third-order valence-corrected chi connectivity index (χ3v) is 5.29. The number of carbonyl (C=O) groups excluding carboxylic acids is 1. The maximum Gasteiger partial charge on any atom is 0.308 e. The van der Waals surface area contributed by atoms with Gasteiger partial charge in [-0.05, 0) is 25.8 Å². The fourth-order valence-electron chi connectivity index (χ4n) is 2.70. The molecular formula is C13H15Cl2NO3S. The first-order valence-electron chi connectivity index (χ1n) is 6.33. The number of thiophene rings is 1. The molecule has 0 radical (unpaired) electrons. The Hall–Kier alpha value is -0.780. The molecular weight excluding hydrogens is 321 g/mol. The summed E-state index contributed by atoms with van der Waals surface area (Å²) in [5.41, 5.74) is -0.448. The van der Waals surface area contributed by atoms with Crippen molar-refractivity contribution in [2.75, 3.05) is 0 Å². The van der Waals surface area contributed by atoms with Gasteiger partial charge in [-0.25, -0.2) is 0 Å². The Morgan fingerprint density at radius 3 is 2.70 bits per heavy atom. The Bertz CT molecular complexity index is 546. The summed E-state index contributed by atoms with van der Waals surface area (Å²) in [6.45, 7) is 1.78. The van der Waals surface area contributed by atoms with E-state index in [2.05, 4.69) is 5.32 Å². The molecule has 20 heavy (non-hydrogen) atoms. The molecule has 0 bridgehead atoms. The lowest BCUT2D eigenvalue weighted by Gasteiger charge is -2.39. The van der Waals surface area contributed by atoms with Crippen molar-refractivity contribution in [1.82, 2.24) is 5.32 Å². The molecule has 0 aromatic carbocycles. The summed E-state index contributed by atoms with van der Waals surface area (Å²) in [5.74, 6) is -1.82. The fourth-order valence-corrected chi connectivity index (χ4v) is 4.16. The number of carboxylic acids is 1. The van der Waals surface area contributed by atoms with Crippen LogP contribution in [0.15, 0.2) is 6.07 Å². The number of rotatable bonds is 3. The Morgan fingerprint density at radius 1 is 1.45 bits per heavy atom. The number of amides is 1. The van der Waals surface area contributed by atoms with Crippen LogP contribution in [-0.2, 0) is 4.79 Å². The van der Waals surface area contributed by atoms with E-state index in [1.165, 1.54) is 6.07 Å². The lowest BCUT2D eigenvalue weighted by atomic mass is 9.74. The van der Waals surface area contributed by atoms with Crippen molar-refractivity contribution < 1.29 is 14.7 Å². The molecule has 1 aliphatic rings. The highest BCUT2D eigenvalue weighted by molar-refractivity contribution is 7.20. The van der Waals surface area contributed by atoms with Gasteiger partial charge in [0.25, 0.3) is 5.91 Å². The molecule has 2 unspecified atom stereocenters. The Labute approximate surface area is 131 Å². The van der Waals surface area contributed by atoms with Crippen LogP contribution in [0.5, 0.6) is 0 Å². The molecule has 2 rings (SSSR count). The van der Waals surface area contributed by atoms with Crippen molar-refractivity contribution in [2.45, 2.75) is 38.1 Å². The molecule has 1 aliphatic carbocycles. The number of nitrogens with one attached hydrogen (secondary N) is 1. The highest BCUT2D eigenvalue weighted by atomic mass is 35.5. The van der Waals surface area contributed by atoms with Crippen molar-refractivity contribution in [3.8, 4) is 0 Å². The van der Waals surface area contributed by atoms with Crippen molar-refractivity contribution >= 4 is 46.4 Å². The van der Waals surface area contributed by atoms with E-state index < -0.39 is 17.4 Å². The minimum atomic E-state index is -0.873. The predicted molar refractivity (Wildman–Crippen MR) is 79.8 cm³/mol. The normalized spacial score (nSPS) is 26.2. The van der Waals surface area contributed by atoms with E-state index >= 15 is 0 Å². The number of carboxylic acid groups (broad SMARTS) is 1. The molecule has 0 saturated heterocycles. The van der Waals surface area contributed by atoms with E-state index in [1.54, 1.807) is 6.92 Å². The molecule has 1 heterocycles. The number of aliphatic carboxylic acids is 1. The third-order valence-electron chi connectivity index (χ3n) is 3.81. The summed E-state index contributed by atoms with van der Waals surface area (Å²) in [4.78, 5) is 23.6. The zero-order chi connectivity index (χ0) is 14.9. The standard InChI is InChI=1S/C13H15Cl2NO3S/c1-13(5-3-2-4-8(13)12(18)19)16-11(17)7-6-9(14)20-10(7)15/h6,8H,2-5H2,1H3,(H,16,17)(H,18,19). The van der Waals surface area contributed by atoms with Gasteiger partial charge in [0, 0.05) is 0 Å². The molecule has 1 fully saturated rings. The first kappa shape index (κ1) is 15.6. The predicted octanol–water partition coefficient (Wildman–Crippen LogP) is 3.82. The second-order valence-electron chi connectivity index (χ2n) is 5.25. The van der Waals surface area contributed by atoms with Gasteiger partial charge < -0.3 is 10.4 Å². The zero-order valence-electron chi connectivity index (χ0n) is 10.9. The van der Waals surface area contributed by atoms with E-state index in [1.807, 2.05) is 0 Å². The average Bonchev–Trinajstić information content (AvgIpc) is 2.68. The van der Waals surface area contributed by atoms with Gasteiger partial charge in [0.1, 0.15) is 4.34 Å². The van der Waals surface area contributed by atoms with E-state index in [4.69, 9.17) is 23.2 Å². The van der Waals surface area contributed by atoms with Crippen LogP contribution in [0.2, 0.25) is 8.67 Å². The van der Waals surface area contributed by atoms with Crippen molar-refractivity contribution in [3.63, 3.8) is 0 Å². The van der Waals surface area contributed by atoms with Crippen LogP contribution in [0, 0.1) is 5.92 Å². The lowest BCUT2D eigenvalue weighted by molar-refractivity contribution is -0.145. The van der Waals surface area contributed by atoms with Crippen LogP contribution in [0.4, 0.5) is 0 Å². The fraction of sp³-hybridized carbons (Fsp3) is 0.538. The van der Waals surface area contributed by atoms with Crippen LogP contribution < -0.4 is 5.32 Å². The number of halogens is 2. The van der Waals surface area contributed by atoms with Crippen LogP contribution in [0.1, 0.15) is 43.0 Å². The van der Waals surface area contributed by atoms with Crippen molar-refractivity contribution in [2.24, 2.45) is 5.92 Å². The van der Waals surface area contributed by atoms with Gasteiger partial charge in [0.05, 0.1) is 21.4 Å². The monoisotopic (exact) mass is 335 g/mol. The highest BCUT2D eigenvalue weighted by Gasteiger charge is 2.42. The number of hydrogen-bond acceptors (Lipinski definition) is 3. The van der Waals surface area contributed by atoms with Crippen LogP contribution in [-0.4, -0.2) is 22.5 Å². The van der Waals surface area contributed by atoms with Gasteiger partial charge >= 0.3 is 5.97 Å². The van der Waals surface area contributed by atoms with Crippen molar-refractivity contribution in [1.29, 1.82) is 0 Å². The van der Waals surface area contributed by atoms with Gasteiger partial charge in [-0.1, -0.05) is 36.0 Å². The van der Waals surface area contributed by atoms with Gasteiger partial charge in [-0.3, -0.25) is 9.59 Å². The molecule has 1 saturated carbocycles. The molecule has 1 amide bonds. The zero-order valence-corrected chi connectivity index (χ0v) is 13.2. The smallest absolute Gasteiger partial charge is 0.308 e. The van der Waals surface area contributed by atoms with E-state index in [0.29, 0.717) is 27.1 Å². The molecule has 7 heteroatoms. The molecule has 2 N–H and O–H groups in total. The van der Waals surface area contributed by atoms with Crippen LogP contribution >= 0.6 is 34.5 Å². The summed E-state index contributed by atoms with van der Waals surface area (Å²) >= 11 is 12.9. The van der Waals surface area contributed by atoms with Crippen LogP contribution in [0.25, 0.3) is 0 Å². The second-order valence-corrected chi connectivity index (χ2v) is 7.53. The van der Waals surface area contributed by atoms with Crippen LogP contribution in [0.3, 0.4) is 0 Å². The Morgan fingerprint density at radius 2 is 2.15 bits per heavy atom. The Balaban J connectivity index is 2.20. The van der Waals surface area contributed by atoms with Gasteiger partial charge in [0.2, 0.25) is 0 Å². The summed E-state index contributed by atoms with van der Waals surface area (Å²) in [5, 5.41) is 12.2. The molecule has 1 aromatic heterocycles. The molecule has 110 valence electrons. The van der Waals surface area contributed by atoms with E-state index in [9.17, 15) is 14.7 Å². The highest BCUT2D eigenvalue weighted by Crippen LogP contribution is 2.36. The second kappa shape index (κ2) is 5.92. The third kappa shape index (κ3) is 3.10. The largest absolute Gasteiger partial charge is 0.481 e. The maximum atomic E-state index is 12.3. The number of hydrogen-bond donors (Lipinski definition) is 2. The van der Waals surface area contributed by atoms with Gasteiger partial charge in [-0.15, -0.1) is 11.3 Å².